The van der Waals surface area contributed by atoms with Gasteiger partial charge in [0.25, 0.3) is 0 Å². The third kappa shape index (κ3) is 6.40. The average molecular weight is 487 g/mol. The summed E-state index contributed by atoms with van der Waals surface area (Å²) in [6.07, 6.45) is 6.97. The number of hydrogen-bond acceptors (Lipinski definition) is 8. The maximum atomic E-state index is 11.7. The molecule has 7 nitrogen and oxygen atoms in total. The molecule has 1 atom stereocenters. The lowest BCUT2D eigenvalue weighted by Crippen LogP contribution is -1.92. The van der Waals surface area contributed by atoms with Gasteiger partial charge in [-0.2, -0.15) is 0 Å². The maximum Gasteiger partial charge on any atom is 0.187 e. The van der Waals surface area contributed by atoms with Crippen LogP contribution in [-0.4, -0.2) is 27.0 Å². The van der Waals surface area contributed by atoms with Crippen LogP contribution >= 0.6 is 23.4 Å². The van der Waals surface area contributed by atoms with Crippen molar-refractivity contribution in [1.82, 2.24) is 0 Å². The lowest BCUT2D eigenvalue weighted by Gasteiger charge is -2.06. The van der Waals surface area contributed by atoms with Crippen LogP contribution in [0.2, 0.25) is 0 Å². The first-order valence-electron chi connectivity index (χ1n) is 8.99. The zero-order chi connectivity index (χ0) is 22.9. The molecule has 0 bridgehead atoms. The van der Waals surface area contributed by atoms with Gasteiger partial charge in [-0.15, -0.1) is 15.7 Å². The quantitative estimate of drug-likeness (QED) is 0.0830. The summed E-state index contributed by atoms with van der Waals surface area (Å²) in [7, 11) is 0. The summed E-state index contributed by atoms with van der Waals surface area (Å²) in [5, 5.41) is 12.3. The molecular formula is C22H18N2O5S3. The van der Waals surface area contributed by atoms with E-state index in [1.165, 1.54) is 6.07 Å². The van der Waals surface area contributed by atoms with Crippen molar-refractivity contribution in [2.24, 2.45) is 9.98 Å². The number of rotatable bonds is 10. The first kappa shape index (κ1) is 24.0. The predicted octanol–water partition coefficient (Wildman–Crippen LogP) is 6.65. The second-order valence-corrected chi connectivity index (χ2v) is 8.94. The highest BCUT2D eigenvalue weighted by Gasteiger charge is 2.09. The summed E-state index contributed by atoms with van der Waals surface area (Å²) < 4.78 is 25.9. The van der Waals surface area contributed by atoms with Crippen LogP contribution < -0.4 is 0 Å². The molecule has 0 aliphatic heterocycles. The van der Waals surface area contributed by atoms with Crippen molar-refractivity contribution in [1.29, 1.82) is 0 Å². The number of aliphatic imine (C=N–C) groups is 2. The Morgan fingerprint density at radius 1 is 1.03 bits per heavy atom. The van der Waals surface area contributed by atoms with Crippen molar-refractivity contribution in [2.75, 3.05) is 0 Å². The van der Waals surface area contributed by atoms with Crippen molar-refractivity contribution in [3.05, 3.63) is 76.0 Å². The van der Waals surface area contributed by atoms with Gasteiger partial charge in [-0.25, -0.2) is 9.47 Å². The van der Waals surface area contributed by atoms with Gasteiger partial charge < -0.3 is 4.55 Å². The summed E-state index contributed by atoms with van der Waals surface area (Å²) in [6.45, 7) is 7.18. The van der Waals surface area contributed by atoms with Gasteiger partial charge in [0.05, 0.1) is 28.3 Å². The molecule has 0 radical (unpaired) electrons. The second kappa shape index (κ2) is 11.8. The van der Waals surface area contributed by atoms with Crippen LogP contribution in [0.5, 0.6) is 0 Å². The van der Waals surface area contributed by atoms with Crippen LogP contribution in [0.15, 0.2) is 74.9 Å². The van der Waals surface area contributed by atoms with E-state index in [0.717, 1.165) is 27.4 Å². The lowest BCUT2D eigenvalue weighted by molar-refractivity contribution is -0.432. The highest BCUT2D eigenvalue weighted by atomic mass is 32.2. The van der Waals surface area contributed by atoms with Gasteiger partial charge in [0.1, 0.15) is 0 Å². The standard InChI is InChI=1S/C22H18N2O5S3/c1-3-19-10-11-20(30-19)14-24-18-9-6-15(21(12-18)31-29-28-25)4-5-16-7-8-17(23-2)13-22(16)32(26)27/h3-14,25H,1-2H2,(H,26,27)/b5-4+,24-14+. The molecule has 0 saturated heterocycles. The van der Waals surface area contributed by atoms with Gasteiger partial charge in [-0.05, 0) is 54.2 Å². The van der Waals surface area contributed by atoms with Gasteiger partial charge in [0.15, 0.2) is 11.1 Å². The van der Waals surface area contributed by atoms with Crippen LogP contribution in [-0.2, 0) is 20.5 Å². The Hall–Kier alpha value is -2.70. The number of hydrogen-bond donors (Lipinski definition) is 2. The second-order valence-electron chi connectivity index (χ2n) is 6.11. The summed E-state index contributed by atoms with van der Waals surface area (Å²) in [4.78, 5) is 11.1. The summed E-state index contributed by atoms with van der Waals surface area (Å²) in [5.74, 6) is 0. The summed E-state index contributed by atoms with van der Waals surface area (Å²) in [6, 6.07) is 14.2. The molecule has 3 rings (SSSR count). The molecule has 2 N–H and O–H groups in total. The smallest absolute Gasteiger partial charge is 0.187 e. The Morgan fingerprint density at radius 2 is 1.75 bits per heavy atom. The predicted molar refractivity (Wildman–Crippen MR) is 132 cm³/mol. The molecule has 0 fully saturated rings. The van der Waals surface area contributed by atoms with E-state index >= 15 is 0 Å². The lowest BCUT2D eigenvalue weighted by atomic mass is 10.1. The third-order valence-electron chi connectivity index (χ3n) is 4.15. The van der Waals surface area contributed by atoms with E-state index in [1.54, 1.807) is 54.0 Å². The Balaban J connectivity index is 1.89. The zero-order valence-electron chi connectivity index (χ0n) is 16.6. The molecule has 0 aliphatic carbocycles. The minimum Gasteiger partial charge on any atom is -0.302 e. The van der Waals surface area contributed by atoms with Gasteiger partial charge in [-0.1, -0.05) is 42.0 Å². The van der Waals surface area contributed by atoms with Crippen molar-refractivity contribution < 1.29 is 23.4 Å². The highest BCUT2D eigenvalue weighted by molar-refractivity contribution is 7.94. The van der Waals surface area contributed by atoms with E-state index in [0.29, 0.717) is 21.8 Å². The van der Waals surface area contributed by atoms with Crippen molar-refractivity contribution in [3.63, 3.8) is 0 Å². The number of benzene rings is 2. The van der Waals surface area contributed by atoms with Crippen LogP contribution in [0.4, 0.5) is 11.4 Å². The topological polar surface area (TPSA) is 101 Å². The fourth-order valence-electron chi connectivity index (χ4n) is 2.64. The Morgan fingerprint density at radius 3 is 2.44 bits per heavy atom. The molecule has 32 heavy (non-hydrogen) atoms. The molecule has 1 unspecified atom stereocenters. The minimum atomic E-state index is -2.19. The molecule has 2 aromatic carbocycles. The third-order valence-corrected chi connectivity index (χ3v) is 6.56. The van der Waals surface area contributed by atoms with E-state index in [9.17, 15) is 8.76 Å². The number of nitrogens with zero attached hydrogens (tertiary/aromatic N) is 2. The molecule has 164 valence electrons. The minimum absolute atomic E-state index is 0.214. The zero-order valence-corrected chi connectivity index (χ0v) is 19.0. The Labute approximate surface area is 195 Å². The fourth-order valence-corrected chi connectivity index (χ4v) is 4.44. The maximum absolute atomic E-state index is 11.7. The largest absolute Gasteiger partial charge is 0.302 e. The van der Waals surface area contributed by atoms with Gasteiger partial charge >= 0.3 is 0 Å². The monoisotopic (exact) mass is 486 g/mol. The summed E-state index contributed by atoms with van der Waals surface area (Å²) >= 11 is 0.179. The molecular weight excluding hydrogens is 468 g/mol. The first-order chi connectivity index (χ1) is 15.5. The van der Waals surface area contributed by atoms with E-state index < -0.39 is 11.1 Å². The molecule has 0 amide bonds. The van der Waals surface area contributed by atoms with Crippen molar-refractivity contribution >= 4 is 77.0 Å². The average Bonchev–Trinajstić information content (AvgIpc) is 3.28. The molecule has 0 aliphatic rings. The van der Waals surface area contributed by atoms with Crippen LogP contribution in [0.1, 0.15) is 20.9 Å². The van der Waals surface area contributed by atoms with Gasteiger partial charge in [-0.3, -0.25) is 9.98 Å². The van der Waals surface area contributed by atoms with Gasteiger partial charge in [0.2, 0.25) is 0 Å². The van der Waals surface area contributed by atoms with Crippen LogP contribution in [0.3, 0.4) is 0 Å². The number of thiophene rings is 1. The summed E-state index contributed by atoms with van der Waals surface area (Å²) in [5.41, 5.74) is 2.43. The van der Waals surface area contributed by atoms with E-state index in [-0.39, 0.29) is 4.90 Å². The van der Waals surface area contributed by atoms with E-state index in [2.05, 4.69) is 32.7 Å². The normalized spacial score (nSPS) is 12.4. The molecule has 0 spiro atoms. The highest BCUT2D eigenvalue weighted by Crippen LogP contribution is 2.31. The van der Waals surface area contributed by atoms with Crippen molar-refractivity contribution in [2.45, 2.75) is 9.79 Å². The molecule has 3 aromatic rings. The van der Waals surface area contributed by atoms with Crippen LogP contribution in [0, 0.1) is 0 Å². The van der Waals surface area contributed by atoms with Crippen molar-refractivity contribution in [3.8, 4) is 0 Å². The first-order valence-corrected chi connectivity index (χ1v) is 11.7. The van der Waals surface area contributed by atoms with E-state index in [4.69, 9.17) is 5.26 Å². The molecule has 1 heterocycles. The molecule has 10 heteroatoms. The Bertz CT molecular complexity index is 1200. The SMILES string of the molecule is C=Cc1ccc(/C=N/c2ccc(/C=C/c3ccc(N=C)cc3S(=O)O)c(SOOO)c2)s1. The van der Waals surface area contributed by atoms with Gasteiger partial charge in [0, 0.05) is 20.9 Å². The molecule has 1 aromatic heterocycles. The Kier molecular flexibility index (Phi) is 8.82. The van der Waals surface area contributed by atoms with Crippen LogP contribution in [0.25, 0.3) is 18.2 Å². The molecule has 0 saturated carbocycles. The van der Waals surface area contributed by atoms with E-state index in [1.807, 2.05) is 24.3 Å². The fraction of sp³-hybridized carbons (Fsp3) is 0.